The van der Waals surface area contributed by atoms with Gasteiger partial charge in [-0.05, 0) is 49.6 Å². The normalized spacial score (nSPS) is 12.0. The first-order chi connectivity index (χ1) is 21.4. The number of nitrogens with zero attached hydrogens (tertiary/aromatic N) is 14. The molecule has 0 unspecified atom stereocenters. The van der Waals surface area contributed by atoms with Crippen molar-refractivity contribution in [1.82, 2.24) is 58.9 Å². The van der Waals surface area contributed by atoms with Crippen LogP contribution < -0.4 is 11.4 Å². The SMILES string of the molecule is Cc1nn(Cc2cn(CCCCn3cc(Cn4nc(C)n(/N=C/c5cccs5)c4=O)nn3)nn2)c(=O)n1/N=C/c1cccs1. The summed E-state index contributed by atoms with van der Waals surface area (Å²) in [4.78, 5) is 27.4. The molecule has 0 saturated heterocycles. The van der Waals surface area contributed by atoms with E-state index in [-0.39, 0.29) is 24.5 Å². The van der Waals surface area contributed by atoms with E-state index in [4.69, 9.17) is 0 Å². The van der Waals surface area contributed by atoms with E-state index in [9.17, 15) is 9.59 Å². The van der Waals surface area contributed by atoms with Gasteiger partial charge in [-0.1, -0.05) is 22.6 Å². The molecule has 18 heteroatoms. The maximum Gasteiger partial charge on any atom is 0.367 e. The summed E-state index contributed by atoms with van der Waals surface area (Å²) in [6.07, 6.45) is 8.56. The van der Waals surface area contributed by atoms with Crippen molar-refractivity contribution in [2.24, 2.45) is 10.2 Å². The Morgan fingerprint density at radius 3 is 1.59 bits per heavy atom. The molecule has 0 radical (unpaired) electrons. The molecule has 6 aromatic rings. The number of aryl methyl sites for hydroxylation is 4. The molecular formula is C26H28N14O2S2. The van der Waals surface area contributed by atoms with E-state index in [0.717, 1.165) is 22.6 Å². The average Bonchev–Trinajstić information content (AvgIpc) is 3.85. The van der Waals surface area contributed by atoms with E-state index < -0.39 is 0 Å². The van der Waals surface area contributed by atoms with Gasteiger partial charge in [0.25, 0.3) is 0 Å². The predicted molar refractivity (Wildman–Crippen MR) is 165 cm³/mol. The molecule has 6 aromatic heterocycles. The topological polar surface area (TPSA) is 166 Å². The highest BCUT2D eigenvalue weighted by molar-refractivity contribution is 7.12. The van der Waals surface area contributed by atoms with E-state index in [1.54, 1.807) is 35.6 Å². The van der Waals surface area contributed by atoms with Gasteiger partial charge < -0.3 is 0 Å². The van der Waals surface area contributed by atoms with Crippen molar-refractivity contribution in [3.63, 3.8) is 0 Å². The minimum Gasteiger partial charge on any atom is -0.252 e. The van der Waals surface area contributed by atoms with Crippen LogP contribution in [-0.4, -0.2) is 71.3 Å². The van der Waals surface area contributed by atoms with Crippen molar-refractivity contribution in [3.05, 3.63) is 101 Å². The van der Waals surface area contributed by atoms with Crippen LogP contribution in [0.2, 0.25) is 0 Å². The summed E-state index contributed by atoms with van der Waals surface area (Å²) in [5, 5.41) is 37.8. The molecule has 0 amide bonds. The number of hydrogen-bond donors (Lipinski definition) is 0. The van der Waals surface area contributed by atoms with Gasteiger partial charge in [-0.3, -0.25) is 9.36 Å². The van der Waals surface area contributed by atoms with Gasteiger partial charge in [-0.2, -0.15) is 29.8 Å². The molecule has 0 fully saturated rings. The van der Waals surface area contributed by atoms with Gasteiger partial charge in [0.1, 0.15) is 11.4 Å². The average molecular weight is 633 g/mol. The van der Waals surface area contributed by atoms with E-state index >= 15 is 0 Å². The fraction of sp³-hybridized carbons (Fsp3) is 0.308. The minimum atomic E-state index is -0.340. The first-order valence-corrected chi connectivity index (χ1v) is 15.5. The lowest BCUT2D eigenvalue weighted by atomic mass is 10.3. The maximum atomic E-state index is 12.8. The fourth-order valence-corrected chi connectivity index (χ4v) is 5.50. The van der Waals surface area contributed by atoms with Gasteiger partial charge >= 0.3 is 11.4 Å². The lowest BCUT2D eigenvalue weighted by Gasteiger charge is -2.01. The molecular weight excluding hydrogens is 605 g/mol. The zero-order valence-electron chi connectivity index (χ0n) is 23.9. The lowest BCUT2D eigenvalue weighted by Crippen LogP contribution is -2.23. The van der Waals surface area contributed by atoms with Crippen LogP contribution in [0, 0.1) is 13.8 Å². The molecule has 16 nitrogen and oxygen atoms in total. The van der Waals surface area contributed by atoms with E-state index in [1.165, 1.54) is 41.4 Å². The second-order valence-electron chi connectivity index (χ2n) is 9.77. The third-order valence-electron chi connectivity index (χ3n) is 6.46. The summed E-state index contributed by atoms with van der Waals surface area (Å²) in [7, 11) is 0. The number of aromatic nitrogens is 12. The zero-order valence-corrected chi connectivity index (χ0v) is 25.5. The van der Waals surface area contributed by atoms with Crippen LogP contribution in [0.15, 0.2) is 67.2 Å². The Labute approximate surface area is 257 Å². The largest absolute Gasteiger partial charge is 0.367 e. The Balaban J connectivity index is 0.978. The minimum absolute atomic E-state index is 0.199. The predicted octanol–water partition coefficient (Wildman–Crippen LogP) is 1.67. The van der Waals surface area contributed by atoms with Crippen molar-refractivity contribution < 1.29 is 0 Å². The van der Waals surface area contributed by atoms with Crippen LogP contribution in [0.3, 0.4) is 0 Å². The summed E-state index contributed by atoms with van der Waals surface area (Å²) >= 11 is 3.08. The van der Waals surface area contributed by atoms with Gasteiger partial charge in [-0.15, -0.1) is 32.9 Å². The summed E-state index contributed by atoms with van der Waals surface area (Å²) in [6.45, 7) is 5.17. The van der Waals surface area contributed by atoms with Crippen LogP contribution in [0.25, 0.3) is 0 Å². The van der Waals surface area contributed by atoms with Crippen LogP contribution in [-0.2, 0) is 26.2 Å². The van der Waals surface area contributed by atoms with Crippen molar-refractivity contribution >= 4 is 35.1 Å². The smallest absolute Gasteiger partial charge is 0.252 e. The third-order valence-corrected chi connectivity index (χ3v) is 8.07. The molecule has 226 valence electrons. The highest BCUT2D eigenvalue weighted by Gasteiger charge is 2.13. The Morgan fingerprint density at radius 2 is 1.18 bits per heavy atom. The molecule has 0 aliphatic heterocycles. The van der Waals surface area contributed by atoms with Gasteiger partial charge in [0.15, 0.2) is 11.6 Å². The number of rotatable bonds is 13. The standard InChI is InChI=1S/C26H28N14O2S2/c1-19-31-37(25(41)39(19)27-13-23-7-5-11-43-23)17-21-15-35(33-29-21)9-3-4-10-36-16-22(30-34-36)18-38-26(42)40(20(2)32-38)28-14-24-8-6-12-44-24/h5-8,11-16H,3-4,9-10,17-18H2,1-2H3/b27-13+,28-14+. The second kappa shape index (κ2) is 13.0. The van der Waals surface area contributed by atoms with Gasteiger partial charge in [-0.25, -0.2) is 19.0 Å². The molecule has 6 heterocycles. The van der Waals surface area contributed by atoms with Crippen LogP contribution >= 0.6 is 22.7 Å². The van der Waals surface area contributed by atoms with Crippen molar-refractivity contribution in [2.45, 2.75) is 52.9 Å². The van der Waals surface area contributed by atoms with Crippen LogP contribution in [0.1, 0.15) is 45.6 Å². The highest BCUT2D eigenvalue weighted by Crippen LogP contribution is 2.07. The molecule has 44 heavy (non-hydrogen) atoms. The molecule has 0 atom stereocenters. The molecule has 0 saturated carbocycles. The Hall–Kier alpha value is -5.10. The highest BCUT2D eigenvalue weighted by atomic mass is 32.1. The summed E-state index contributed by atoms with van der Waals surface area (Å²) in [5.74, 6) is 0.976. The molecule has 0 aliphatic rings. The third kappa shape index (κ3) is 6.76. The van der Waals surface area contributed by atoms with Crippen LogP contribution in [0.5, 0.6) is 0 Å². The first-order valence-electron chi connectivity index (χ1n) is 13.7. The molecule has 0 spiro atoms. The molecule has 0 aliphatic carbocycles. The molecule has 6 rings (SSSR count). The maximum absolute atomic E-state index is 12.8. The van der Waals surface area contributed by atoms with Crippen molar-refractivity contribution in [3.8, 4) is 0 Å². The van der Waals surface area contributed by atoms with Gasteiger partial charge in [0.05, 0.1) is 37.9 Å². The van der Waals surface area contributed by atoms with E-state index in [0.29, 0.717) is 36.1 Å². The Kier molecular flexibility index (Phi) is 8.59. The second-order valence-corrected chi connectivity index (χ2v) is 11.7. The van der Waals surface area contributed by atoms with E-state index in [2.05, 4.69) is 41.0 Å². The van der Waals surface area contributed by atoms with Crippen molar-refractivity contribution in [2.75, 3.05) is 0 Å². The molecule has 0 bridgehead atoms. The number of hydrogen-bond acceptors (Lipinski definition) is 12. The zero-order chi connectivity index (χ0) is 30.5. The van der Waals surface area contributed by atoms with Crippen molar-refractivity contribution in [1.29, 1.82) is 0 Å². The lowest BCUT2D eigenvalue weighted by molar-refractivity contribution is 0.487. The Bertz CT molecular complexity index is 1860. The number of thiophene rings is 2. The van der Waals surface area contributed by atoms with Gasteiger partial charge in [0.2, 0.25) is 0 Å². The summed E-state index contributed by atoms with van der Waals surface area (Å²) in [5.41, 5.74) is 0.580. The summed E-state index contributed by atoms with van der Waals surface area (Å²) in [6, 6.07) is 7.70. The first kappa shape index (κ1) is 29.0. The van der Waals surface area contributed by atoms with Gasteiger partial charge in [0, 0.05) is 22.8 Å². The van der Waals surface area contributed by atoms with Crippen LogP contribution in [0.4, 0.5) is 0 Å². The number of unbranched alkanes of at least 4 members (excludes halogenated alkanes) is 1. The molecule has 0 aromatic carbocycles. The fourth-order valence-electron chi connectivity index (χ4n) is 4.34. The summed E-state index contributed by atoms with van der Waals surface area (Å²) < 4.78 is 8.70. The monoisotopic (exact) mass is 632 g/mol. The van der Waals surface area contributed by atoms with E-state index in [1.807, 2.05) is 47.4 Å². The Morgan fingerprint density at radius 1 is 0.727 bits per heavy atom. The quantitative estimate of drug-likeness (QED) is 0.137. The molecule has 0 N–H and O–H groups in total.